The van der Waals surface area contributed by atoms with Gasteiger partial charge in [-0.3, -0.25) is 9.59 Å². The van der Waals surface area contributed by atoms with Crippen LogP contribution in [0, 0.1) is 11.3 Å². The third kappa shape index (κ3) is 4.53. The van der Waals surface area contributed by atoms with Gasteiger partial charge in [-0.15, -0.1) is 11.3 Å². The molecule has 0 saturated carbocycles. The quantitative estimate of drug-likeness (QED) is 0.698. The van der Waals surface area contributed by atoms with E-state index in [4.69, 9.17) is 4.74 Å². The number of anilines is 1. The first-order valence-electron chi connectivity index (χ1n) is 9.60. The molecule has 1 aromatic heterocycles. The van der Waals surface area contributed by atoms with Crippen molar-refractivity contribution >= 4 is 46.1 Å². The van der Waals surface area contributed by atoms with Crippen LogP contribution in [0.25, 0.3) is 0 Å². The topological polar surface area (TPSA) is 101 Å². The van der Waals surface area contributed by atoms with Gasteiger partial charge in [0.2, 0.25) is 5.91 Å². The van der Waals surface area contributed by atoms with Gasteiger partial charge in [-0.1, -0.05) is 20.8 Å². The number of amides is 3. The second kappa shape index (κ2) is 8.14. The lowest BCUT2D eigenvalue weighted by Crippen LogP contribution is -2.66. The minimum Gasteiger partial charge on any atom is -0.469 e. The summed E-state index contributed by atoms with van der Waals surface area (Å²) in [7, 11) is 1.41. The molecule has 2 atom stereocenters. The molecule has 1 aromatic rings. The molecule has 2 fully saturated rings. The van der Waals surface area contributed by atoms with Crippen LogP contribution in [0.4, 0.5) is 9.93 Å². The SMILES string of the molecule is COC(=O)C1CCSC12CN(C(=O)NC(C)c1csc(NC(=O)C(C)(C)C)n1)C2. The van der Waals surface area contributed by atoms with Gasteiger partial charge in [0.15, 0.2) is 5.13 Å². The van der Waals surface area contributed by atoms with Gasteiger partial charge < -0.3 is 20.3 Å². The fraction of sp³-hybridized carbons (Fsp3) is 0.684. The number of thiazole rings is 1. The Balaban J connectivity index is 1.53. The molecule has 0 aliphatic carbocycles. The van der Waals surface area contributed by atoms with Crippen molar-refractivity contribution in [3.63, 3.8) is 0 Å². The number of aromatic nitrogens is 1. The number of carbonyl (C=O) groups is 3. The molecule has 2 aliphatic heterocycles. The van der Waals surface area contributed by atoms with Crippen LogP contribution in [-0.4, -0.2) is 58.5 Å². The van der Waals surface area contributed by atoms with Crippen molar-refractivity contribution in [3.8, 4) is 0 Å². The molecule has 2 unspecified atom stereocenters. The number of methoxy groups -OCH3 is 1. The summed E-state index contributed by atoms with van der Waals surface area (Å²) < 4.78 is 4.72. The van der Waals surface area contributed by atoms with Crippen molar-refractivity contribution in [1.82, 2.24) is 15.2 Å². The monoisotopic (exact) mass is 440 g/mol. The number of hydrogen-bond acceptors (Lipinski definition) is 7. The Labute approximate surface area is 179 Å². The molecule has 8 nitrogen and oxygen atoms in total. The normalized spacial score (nSPS) is 21.4. The Morgan fingerprint density at radius 1 is 1.34 bits per heavy atom. The smallest absolute Gasteiger partial charge is 0.318 e. The third-order valence-corrected chi connectivity index (χ3v) is 7.66. The second-order valence-electron chi connectivity index (χ2n) is 8.59. The van der Waals surface area contributed by atoms with Crippen LogP contribution < -0.4 is 10.6 Å². The zero-order valence-corrected chi connectivity index (χ0v) is 19.0. The molecular weight excluding hydrogens is 412 g/mol. The molecule has 2 saturated heterocycles. The minimum absolute atomic E-state index is 0.102. The van der Waals surface area contributed by atoms with Crippen molar-refractivity contribution in [2.45, 2.75) is 44.9 Å². The van der Waals surface area contributed by atoms with Crippen LogP contribution in [0.3, 0.4) is 0 Å². The summed E-state index contributed by atoms with van der Waals surface area (Å²) in [6.07, 6.45) is 0.797. The van der Waals surface area contributed by atoms with Crippen molar-refractivity contribution in [2.24, 2.45) is 11.3 Å². The zero-order valence-electron chi connectivity index (χ0n) is 17.4. The number of ether oxygens (including phenoxy) is 1. The number of rotatable bonds is 4. The number of likely N-dealkylation sites (tertiary alicyclic amines) is 1. The van der Waals surface area contributed by atoms with E-state index in [1.54, 1.807) is 16.7 Å². The Kier molecular flexibility index (Phi) is 6.14. The number of thioether (sulfide) groups is 1. The van der Waals surface area contributed by atoms with Gasteiger partial charge in [0.25, 0.3) is 0 Å². The molecule has 0 bridgehead atoms. The Bertz CT molecular complexity index is 798. The molecule has 160 valence electrons. The third-order valence-electron chi connectivity index (χ3n) is 5.33. The van der Waals surface area contributed by atoms with Crippen LogP contribution >= 0.6 is 23.1 Å². The average Bonchev–Trinajstić information content (AvgIpc) is 3.25. The van der Waals surface area contributed by atoms with E-state index in [1.807, 2.05) is 33.1 Å². The molecule has 2 N–H and O–H groups in total. The van der Waals surface area contributed by atoms with E-state index in [0.29, 0.717) is 23.9 Å². The van der Waals surface area contributed by atoms with E-state index >= 15 is 0 Å². The highest BCUT2D eigenvalue weighted by atomic mass is 32.2. The summed E-state index contributed by atoms with van der Waals surface area (Å²) in [4.78, 5) is 42.9. The van der Waals surface area contributed by atoms with E-state index in [2.05, 4.69) is 15.6 Å². The molecule has 3 amide bonds. The number of esters is 1. The lowest BCUT2D eigenvalue weighted by atomic mass is 9.83. The zero-order chi connectivity index (χ0) is 21.4. The molecular formula is C19H28N4O4S2. The number of nitrogens with one attached hydrogen (secondary N) is 2. The van der Waals surface area contributed by atoms with Gasteiger partial charge in [-0.05, 0) is 19.1 Å². The maximum Gasteiger partial charge on any atom is 0.318 e. The fourth-order valence-corrected chi connectivity index (χ4v) is 5.92. The first-order valence-corrected chi connectivity index (χ1v) is 11.5. The van der Waals surface area contributed by atoms with Crippen molar-refractivity contribution < 1.29 is 19.1 Å². The number of carbonyl (C=O) groups excluding carboxylic acids is 3. The first kappa shape index (κ1) is 21.9. The number of hydrogen-bond donors (Lipinski definition) is 2. The van der Waals surface area contributed by atoms with Crippen LogP contribution in [0.2, 0.25) is 0 Å². The highest BCUT2D eigenvalue weighted by Crippen LogP contribution is 2.49. The molecule has 0 aromatic carbocycles. The van der Waals surface area contributed by atoms with E-state index in [9.17, 15) is 14.4 Å². The van der Waals surface area contributed by atoms with E-state index in [0.717, 1.165) is 12.2 Å². The lowest BCUT2D eigenvalue weighted by molar-refractivity contribution is -0.147. The molecule has 10 heteroatoms. The maximum atomic E-state index is 12.6. The van der Waals surface area contributed by atoms with Crippen LogP contribution in [0.15, 0.2) is 5.38 Å². The summed E-state index contributed by atoms with van der Waals surface area (Å²) >= 11 is 3.09. The van der Waals surface area contributed by atoms with Crippen molar-refractivity contribution in [1.29, 1.82) is 0 Å². The summed E-state index contributed by atoms with van der Waals surface area (Å²) in [6, 6.07) is -0.462. The maximum absolute atomic E-state index is 12.6. The first-order chi connectivity index (χ1) is 13.6. The lowest BCUT2D eigenvalue weighted by Gasteiger charge is -2.49. The standard InChI is InChI=1S/C19H28N4O4S2/c1-11(13-8-28-16(21-13)22-15(25)18(2,3)4)20-17(26)23-9-19(10-23)12(6-7-29-19)14(24)27-5/h8,11-12H,6-7,9-10H2,1-5H3,(H,20,26)(H,21,22,25). The molecule has 29 heavy (non-hydrogen) atoms. The summed E-state index contributed by atoms with van der Waals surface area (Å²) in [5.41, 5.74) is 0.199. The van der Waals surface area contributed by atoms with Gasteiger partial charge >= 0.3 is 12.0 Å². The minimum atomic E-state index is -0.501. The Morgan fingerprint density at radius 3 is 2.66 bits per heavy atom. The van der Waals surface area contributed by atoms with Crippen LogP contribution in [0.1, 0.15) is 45.9 Å². The van der Waals surface area contributed by atoms with Crippen molar-refractivity contribution in [3.05, 3.63) is 11.1 Å². The van der Waals surface area contributed by atoms with Gasteiger partial charge in [0.05, 0.1) is 29.5 Å². The molecule has 2 aliphatic rings. The number of urea groups is 1. The molecule has 0 radical (unpaired) electrons. The predicted octanol–water partition coefficient (Wildman–Crippen LogP) is 2.88. The van der Waals surface area contributed by atoms with Gasteiger partial charge in [0, 0.05) is 23.9 Å². The number of nitrogens with zero attached hydrogens (tertiary/aromatic N) is 2. The highest BCUT2D eigenvalue weighted by molar-refractivity contribution is 8.01. The Morgan fingerprint density at radius 2 is 2.03 bits per heavy atom. The van der Waals surface area contributed by atoms with Crippen LogP contribution in [0.5, 0.6) is 0 Å². The summed E-state index contributed by atoms with van der Waals surface area (Å²) in [5.74, 6) is 0.477. The summed E-state index contributed by atoms with van der Waals surface area (Å²) in [5, 5.41) is 8.12. The highest BCUT2D eigenvalue weighted by Gasteiger charge is 2.56. The van der Waals surface area contributed by atoms with Crippen LogP contribution in [-0.2, 0) is 14.3 Å². The summed E-state index contributed by atoms with van der Waals surface area (Å²) in [6.45, 7) is 8.46. The molecule has 3 rings (SSSR count). The largest absolute Gasteiger partial charge is 0.469 e. The van der Waals surface area contributed by atoms with E-state index in [1.165, 1.54) is 18.4 Å². The molecule has 3 heterocycles. The van der Waals surface area contributed by atoms with E-state index in [-0.39, 0.29) is 34.6 Å². The van der Waals surface area contributed by atoms with Gasteiger partial charge in [0.1, 0.15) is 0 Å². The fourth-order valence-electron chi connectivity index (χ4n) is 3.45. The Hall–Kier alpha value is -1.81. The van der Waals surface area contributed by atoms with Gasteiger partial charge in [-0.2, -0.15) is 11.8 Å². The average molecular weight is 441 g/mol. The van der Waals surface area contributed by atoms with E-state index < -0.39 is 5.41 Å². The molecule has 1 spiro atoms. The second-order valence-corrected chi connectivity index (χ2v) is 11.0. The van der Waals surface area contributed by atoms with Crippen molar-refractivity contribution in [2.75, 3.05) is 31.3 Å². The predicted molar refractivity (Wildman–Crippen MR) is 114 cm³/mol. The van der Waals surface area contributed by atoms with Gasteiger partial charge in [-0.25, -0.2) is 9.78 Å².